The lowest BCUT2D eigenvalue weighted by molar-refractivity contribution is -0.305. The van der Waals surface area contributed by atoms with Gasteiger partial charge in [-0.15, -0.1) is 0 Å². The lowest BCUT2D eigenvalue weighted by Gasteiger charge is -2.39. The van der Waals surface area contributed by atoms with E-state index in [-0.39, 0.29) is 26.1 Å². The van der Waals surface area contributed by atoms with Crippen molar-refractivity contribution in [2.75, 3.05) is 19.8 Å². The molecule has 1 saturated heterocycles. The van der Waals surface area contributed by atoms with Gasteiger partial charge >= 0.3 is 11.9 Å². The zero-order valence-corrected chi connectivity index (χ0v) is 42.4. The molecule has 0 aliphatic carbocycles. The van der Waals surface area contributed by atoms with Crippen LogP contribution in [0.3, 0.4) is 0 Å². The summed E-state index contributed by atoms with van der Waals surface area (Å²) in [5.41, 5.74) is 0. The van der Waals surface area contributed by atoms with Crippen LogP contribution in [0.5, 0.6) is 0 Å². The molecule has 0 aromatic carbocycles. The topological polar surface area (TPSA) is 152 Å². The second-order valence-corrected chi connectivity index (χ2v) is 18.3. The molecule has 1 heterocycles. The van der Waals surface area contributed by atoms with E-state index < -0.39 is 55.4 Å². The Labute approximate surface area is 408 Å². The van der Waals surface area contributed by atoms with Gasteiger partial charge in [-0.1, -0.05) is 202 Å². The van der Waals surface area contributed by atoms with Crippen molar-refractivity contribution in [2.45, 2.75) is 256 Å². The molecule has 1 aliphatic rings. The first kappa shape index (κ1) is 62.2. The second kappa shape index (κ2) is 46.8. The maximum atomic E-state index is 12.8. The van der Waals surface area contributed by atoms with Crippen LogP contribution < -0.4 is 0 Å². The minimum atomic E-state index is -1.61. The van der Waals surface area contributed by atoms with Crippen LogP contribution in [0, 0.1) is 0 Å². The highest BCUT2D eigenvalue weighted by Crippen LogP contribution is 2.23. The molecule has 0 radical (unpaired) electrons. The SMILES string of the molecule is CC/C=C/C/C=C/C/C=C/C/C=C/C/C=C/CCCCCC(=O)OC[C@H](CO[C@@H]1O[C@H](CO)[C@H](O)C(O)C1O)OC(=O)CCC/C=C/CCCCCCCCCCCCCCCCCCCC. The molecule has 0 spiro atoms. The molecule has 0 amide bonds. The molecule has 2 unspecified atom stereocenters. The van der Waals surface area contributed by atoms with Crippen molar-refractivity contribution in [2.24, 2.45) is 0 Å². The fourth-order valence-corrected chi connectivity index (χ4v) is 7.87. The van der Waals surface area contributed by atoms with Gasteiger partial charge in [0.15, 0.2) is 12.4 Å². The summed E-state index contributed by atoms with van der Waals surface area (Å²) >= 11 is 0. The number of unbranched alkanes of at least 4 members (excludes halogenated alkanes) is 22. The number of carbonyl (C=O) groups is 2. The Morgan fingerprint density at radius 2 is 0.896 bits per heavy atom. The van der Waals surface area contributed by atoms with E-state index in [1.54, 1.807) is 0 Å². The molecule has 4 N–H and O–H groups in total. The highest BCUT2D eigenvalue weighted by Gasteiger charge is 2.44. The Hall–Kier alpha value is -2.86. The van der Waals surface area contributed by atoms with Crippen LogP contribution in [0.2, 0.25) is 0 Å². The van der Waals surface area contributed by atoms with Crippen molar-refractivity contribution in [1.82, 2.24) is 0 Å². The smallest absolute Gasteiger partial charge is 0.306 e. The van der Waals surface area contributed by atoms with Gasteiger partial charge in [0.25, 0.3) is 0 Å². The number of aliphatic hydroxyl groups is 4. The standard InChI is InChI=1S/C57H98O10/c1-3-5-7-9-11-13-15-17-19-21-23-24-25-26-28-30-32-34-36-38-40-42-44-46-53(60)66-50(49-65-57-56(63)55(62)54(61)51(47-58)67-57)48-64-52(59)45-43-41-39-37-35-33-31-29-27-22-20-18-16-14-12-10-8-6-4-2/h6,8,12,14,18,20,27,29,33,35,38,40,50-51,54-58,61-63H,3-5,7,9-11,13,15-17,19,21-26,28,30-32,34,36-37,39,41-49H2,1-2H3/b8-6+,14-12+,20-18+,29-27+,35-33+,40-38+/t50-,51-,54+,55?,56?,57-/m1/s1. The van der Waals surface area contributed by atoms with Crippen molar-refractivity contribution in [3.63, 3.8) is 0 Å². The Kier molecular flexibility index (Phi) is 43.5. The van der Waals surface area contributed by atoms with Gasteiger partial charge in [-0.3, -0.25) is 9.59 Å². The number of aliphatic hydroxyl groups excluding tert-OH is 4. The molecule has 0 aromatic rings. The van der Waals surface area contributed by atoms with Crippen LogP contribution in [-0.4, -0.2) is 89.0 Å². The predicted octanol–water partition coefficient (Wildman–Crippen LogP) is 13.1. The summed E-state index contributed by atoms with van der Waals surface area (Å²) in [5.74, 6) is -0.880. The first-order valence-electron chi connectivity index (χ1n) is 27.0. The molecule has 10 heteroatoms. The normalized spacial score (nSPS) is 19.6. The molecular weight excluding hydrogens is 845 g/mol. The summed E-state index contributed by atoms with van der Waals surface area (Å²) in [5, 5.41) is 40.2. The molecule has 10 nitrogen and oxygen atoms in total. The first-order chi connectivity index (χ1) is 32.8. The zero-order chi connectivity index (χ0) is 48.7. The summed E-state index contributed by atoms with van der Waals surface area (Å²) in [6.07, 6.45) is 53.5. The molecule has 1 aliphatic heterocycles. The third-order valence-electron chi connectivity index (χ3n) is 12.1. The van der Waals surface area contributed by atoms with E-state index in [0.29, 0.717) is 12.8 Å². The average Bonchev–Trinajstić information content (AvgIpc) is 3.33. The maximum Gasteiger partial charge on any atom is 0.306 e. The molecular formula is C57H98O10. The van der Waals surface area contributed by atoms with Gasteiger partial charge in [-0.25, -0.2) is 0 Å². The van der Waals surface area contributed by atoms with Crippen LogP contribution >= 0.6 is 0 Å². The Bertz CT molecular complexity index is 1320. The summed E-state index contributed by atoms with van der Waals surface area (Å²) in [6.45, 7) is 3.27. The molecule has 1 fully saturated rings. The van der Waals surface area contributed by atoms with Gasteiger partial charge in [-0.05, 0) is 77.0 Å². The van der Waals surface area contributed by atoms with Crippen molar-refractivity contribution in [3.05, 3.63) is 72.9 Å². The minimum Gasteiger partial charge on any atom is -0.462 e. The molecule has 386 valence electrons. The Morgan fingerprint density at radius 3 is 1.39 bits per heavy atom. The van der Waals surface area contributed by atoms with Crippen LogP contribution in [-0.2, 0) is 28.5 Å². The maximum absolute atomic E-state index is 12.8. The van der Waals surface area contributed by atoms with E-state index in [0.717, 1.165) is 64.2 Å². The highest BCUT2D eigenvalue weighted by molar-refractivity contribution is 5.70. The van der Waals surface area contributed by atoms with Gasteiger partial charge in [0.05, 0.1) is 13.2 Å². The molecule has 0 bridgehead atoms. The summed E-state index contributed by atoms with van der Waals surface area (Å²) in [7, 11) is 0. The lowest BCUT2D eigenvalue weighted by atomic mass is 9.99. The van der Waals surface area contributed by atoms with Crippen LogP contribution in [0.25, 0.3) is 0 Å². The molecule has 67 heavy (non-hydrogen) atoms. The summed E-state index contributed by atoms with van der Waals surface area (Å²) < 4.78 is 22.2. The summed E-state index contributed by atoms with van der Waals surface area (Å²) in [6, 6.07) is 0. The monoisotopic (exact) mass is 943 g/mol. The van der Waals surface area contributed by atoms with E-state index in [1.165, 1.54) is 116 Å². The van der Waals surface area contributed by atoms with E-state index in [2.05, 4.69) is 86.8 Å². The fraction of sp³-hybridized carbons (Fsp3) is 0.754. The van der Waals surface area contributed by atoms with Gasteiger partial charge < -0.3 is 39.4 Å². The largest absolute Gasteiger partial charge is 0.462 e. The Balaban J connectivity index is 2.28. The van der Waals surface area contributed by atoms with Crippen molar-refractivity contribution in [1.29, 1.82) is 0 Å². The third-order valence-corrected chi connectivity index (χ3v) is 12.1. The quantitative estimate of drug-likeness (QED) is 0.0264. The van der Waals surface area contributed by atoms with Gasteiger partial charge in [0.2, 0.25) is 0 Å². The molecule has 1 rings (SSSR count). The number of allylic oxidation sites excluding steroid dienone is 12. The van der Waals surface area contributed by atoms with Crippen LogP contribution in [0.4, 0.5) is 0 Å². The molecule has 0 aromatic heterocycles. The summed E-state index contributed by atoms with van der Waals surface area (Å²) in [4.78, 5) is 25.5. The Morgan fingerprint density at radius 1 is 0.478 bits per heavy atom. The third kappa shape index (κ3) is 37.7. The van der Waals surface area contributed by atoms with Gasteiger partial charge in [0.1, 0.15) is 31.0 Å². The van der Waals surface area contributed by atoms with Crippen molar-refractivity contribution >= 4 is 11.9 Å². The molecule has 6 atom stereocenters. The highest BCUT2D eigenvalue weighted by atomic mass is 16.7. The van der Waals surface area contributed by atoms with Crippen LogP contribution in [0.15, 0.2) is 72.9 Å². The van der Waals surface area contributed by atoms with Crippen LogP contribution in [0.1, 0.15) is 219 Å². The lowest BCUT2D eigenvalue weighted by Crippen LogP contribution is -2.59. The van der Waals surface area contributed by atoms with E-state index in [1.807, 2.05) is 0 Å². The van der Waals surface area contributed by atoms with E-state index >= 15 is 0 Å². The molecule has 0 saturated carbocycles. The van der Waals surface area contributed by atoms with E-state index in [4.69, 9.17) is 18.9 Å². The van der Waals surface area contributed by atoms with Crippen molar-refractivity contribution in [3.8, 4) is 0 Å². The average molecular weight is 943 g/mol. The zero-order valence-electron chi connectivity index (χ0n) is 42.4. The number of esters is 2. The first-order valence-corrected chi connectivity index (χ1v) is 27.0. The van der Waals surface area contributed by atoms with Crippen molar-refractivity contribution < 1.29 is 49.0 Å². The second-order valence-electron chi connectivity index (χ2n) is 18.3. The minimum absolute atomic E-state index is 0.173. The number of hydrogen-bond acceptors (Lipinski definition) is 10. The predicted molar refractivity (Wildman–Crippen MR) is 274 cm³/mol. The van der Waals surface area contributed by atoms with E-state index in [9.17, 15) is 30.0 Å². The number of hydrogen-bond donors (Lipinski definition) is 4. The fourth-order valence-electron chi connectivity index (χ4n) is 7.87. The number of ether oxygens (including phenoxy) is 4. The number of rotatable bonds is 45. The van der Waals surface area contributed by atoms with Gasteiger partial charge in [-0.2, -0.15) is 0 Å². The number of carbonyl (C=O) groups excluding carboxylic acids is 2. The van der Waals surface area contributed by atoms with Gasteiger partial charge in [0, 0.05) is 12.8 Å².